The zero-order valence-corrected chi connectivity index (χ0v) is 11.0. The topological polar surface area (TPSA) is 35.2 Å². The first-order chi connectivity index (χ1) is 7.04. The molecule has 1 rings (SSSR count). The van der Waals surface area contributed by atoms with Gasteiger partial charge in [-0.25, -0.2) is 0 Å². The summed E-state index contributed by atoms with van der Waals surface area (Å²) in [4.78, 5) is 0. The molecule has 0 bridgehead atoms. The number of benzene rings is 1. The molecule has 0 spiro atoms. The second-order valence-corrected chi connectivity index (χ2v) is 4.66. The Morgan fingerprint density at radius 1 is 1.40 bits per heavy atom. The molecule has 0 aliphatic heterocycles. The molecular weight excluding hydrogens is 254 g/mol. The zero-order valence-electron chi connectivity index (χ0n) is 9.46. The van der Waals surface area contributed by atoms with Gasteiger partial charge in [0.25, 0.3) is 0 Å². The summed E-state index contributed by atoms with van der Waals surface area (Å²) in [5, 5.41) is 0. The summed E-state index contributed by atoms with van der Waals surface area (Å²) in [6, 6.07) is 5.99. The first-order valence-corrected chi connectivity index (χ1v) is 6.05. The Labute approximate surface area is 99.9 Å². The minimum atomic E-state index is 0.0389. The van der Waals surface area contributed by atoms with E-state index in [1.165, 1.54) is 0 Å². The van der Waals surface area contributed by atoms with E-state index in [-0.39, 0.29) is 12.1 Å². The van der Waals surface area contributed by atoms with E-state index in [1.54, 1.807) is 0 Å². The van der Waals surface area contributed by atoms with E-state index in [0.717, 1.165) is 22.2 Å². The van der Waals surface area contributed by atoms with E-state index in [1.807, 2.05) is 25.1 Å². The molecule has 0 fully saturated rings. The highest BCUT2D eigenvalue weighted by Crippen LogP contribution is 2.27. The summed E-state index contributed by atoms with van der Waals surface area (Å²) in [7, 11) is 0. The Hall–Kier alpha value is -0.540. The highest BCUT2D eigenvalue weighted by molar-refractivity contribution is 9.10. The Morgan fingerprint density at radius 2 is 2.07 bits per heavy atom. The first-order valence-electron chi connectivity index (χ1n) is 5.26. The summed E-state index contributed by atoms with van der Waals surface area (Å²) in [6.45, 7) is 6.14. The molecule has 0 radical (unpaired) electrons. The van der Waals surface area contributed by atoms with Crippen molar-refractivity contribution in [2.45, 2.75) is 39.3 Å². The zero-order chi connectivity index (χ0) is 11.4. The molecule has 0 aliphatic carbocycles. The summed E-state index contributed by atoms with van der Waals surface area (Å²) in [5.41, 5.74) is 6.92. The van der Waals surface area contributed by atoms with E-state index in [2.05, 4.69) is 29.8 Å². The van der Waals surface area contributed by atoms with Crippen molar-refractivity contribution in [1.29, 1.82) is 0 Å². The van der Waals surface area contributed by atoms with Crippen molar-refractivity contribution in [3.05, 3.63) is 28.2 Å². The molecule has 0 saturated heterocycles. The third-order valence-electron chi connectivity index (χ3n) is 2.37. The van der Waals surface area contributed by atoms with E-state index in [9.17, 15) is 0 Å². The van der Waals surface area contributed by atoms with Crippen LogP contribution in [-0.4, -0.2) is 6.10 Å². The molecule has 1 aromatic rings. The molecule has 3 heteroatoms. The molecule has 15 heavy (non-hydrogen) atoms. The van der Waals surface area contributed by atoms with Crippen LogP contribution in [0.1, 0.15) is 38.8 Å². The molecule has 2 atom stereocenters. The van der Waals surface area contributed by atoms with Crippen LogP contribution in [-0.2, 0) is 0 Å². The van der Waals surface area contributed by atoms with Crippen molar-refractivity contribution in [1.82, 2.24) is 0 Å². The van der Waals surface area contributed by atoms with Crippen LogP contribution in [0, 0.1) is 0 Å². The largest absolute Gasteiger partial charge is 0.491 e. The van der Waals surface area contributed by atoms with Crippen LogP contribution in [0.4, 0.5) is 0 Å². The summed E-state index contributed by atoms with van der Waals surface area (Å²) >= 11 is 3.50. The van der Waals surface area contributed by atoms with Gasteiger partial charge in [0.15, 0.2) is 0 Å². The average Bonchev–Trinajstić information content (AvgIpc) is 2.17. The van der Waals surface area contributed by atoms with E-state index < -0.39 is 0 Å². The van der Waals surface area contributed by atoms with Gasteiger partial charge in [0.05, 0.1) is 6.10 Å². The lowest BCUT2D eigenvalue weighted by molar-refractivity contribution is 0.217. The molecule has 0 aliphatic rings. The maximum atomic E-state index is 5.82. The Balaban J connectivity index is 2.82. The Kier molecular flexibility index (Phi) is 4.61. The molecule has 0 amide bonds. The number of rotatable bonds is 4. The number of hydrogen-bond donors (Lipinski definition) is 1. The van der Waals surface area contributed by atoms with E-state index in [0.29, 0.717) is 0 Å². The first kappa shape index (κ1) is 12.5. The van der Waals surface area contributed by atoms with Crippen molar-refractivity contribution in [2.75, 3.05) is 0 Å². The van der Waals surface area contributed by atoms with Gasteiger partial charge in [-0.2, -0.15) is 0 Å². The van der Waals surface area contributed by atoms with Crippen LogP contribution in [0.25, 0.3) is 0 Å². The normalized spacial score (nSPS) is 14.7. The summed E-state index contributed by atoms with van der Waals surface area (Å²) in [6.07, 6.45) is 1.25. The third kappa shape index (κ3) is 3.50. The second-order valence-electron chi connectivity index (χ2n) is 3.81. The van der Waals surface area contributed by atoms with Crippen LogP contribution in [0.15, 0.2) is 22.7 Å². The molecule has 2 N–H and O–H groups in total. The van der Waals surface area contributed by atoms with Gasteiger partial charge in [-0.05, 0) is 38.0 Å². The molecule has 0 saturated carbocycles. The minimum Gasteiger partial charge on any atom is -0.491 e. The fraction of sp³-hybridized carbons (Fsp3) is 0.500. The lowest BCUT2D eigenvalue weighted by atomic mass is 10.1. The van der Waals surface area contributed by atoms with Gasteiger partial charge in [-0.3, -0.25) is 0 Å². The summed E-state index contributed by atoms with van der Waals surface area (Å²) in [5.74, 6) is 0.889. The molecule has 1 aromatic carbocycles. The summed E-state index contributed by atoms with van der Waals surface area (Å²) < 4.78 is 6.72. The average molecular weight is 272 g/mol. The van der Waals surface area contributed by atoms with Crippen LogP contribution in [0.3, 0.4) is 0 Å². The standard InChI is InChI=1S/C12H18BrNO/c1-4-8(2)15-10-5-6-11(9(3)14)12(13)7-10/h5-9H,4,14H2,1-3H3/t8?,9-/m0/s1. The second kappa shape index (κ2) is 5.52. The third-order valence-corrected chi connectivity index (χ3v) is 3.06. The predicted molar refractivity (Wildman–Crippen MR) is 67.1 cm³/mol. The van der Waals surface area contributed by atoms with Gasteiger partial charge in [0.1, 0.15) is 5.75 Å². The van der Waals surface area contributed by atoms with Gasteiger partial charge >= 0.3 is 0 Å². The van der Waals surface area contributed by atoms with Crippen LogP contribution >= 0.6 is 15.9 Å². The van der Waals surface area contributed by atoms with Gasteiger partial charge in [0.2, 0.25) is 0 Å². The highest BCUT2D eigenvalue weighted by atomic mass is 79.9. The van der Waals surface area contributed by atoms with Crippen LogP contribution in [0.2, 0.25) is 0 Å². The van der Waals surface area contributed by atoms with Gasteiger partial charge < -0.3 is 10.5 Å². The van der Waals surface area contributed by atoms with E-state index >= 15 is 0 Å². The Bertz CT molecular complexity index is 325. The predicted octanol–water partition coefficient (Wildman–Crippen LogP) is 3.65. The van der Waals surface area contributed by atoms with Gasteiger partial charge in [0, 0.05) is 10.5 Å². The fourth-order valence-corrected chi connectivity index (χ4v) is 1.98. The number of hydrogen-bond acceptors (Lipinski definition) is 2. The maximum Gasteiger partial charge on any atom is 0.120 e. The molecule has 0 heterocycles. The van der Waals surface area contributed by atoms with Crippen LogP contribution < -0.4 is 10.5 Å². The quantitative estimate of drug-likeness (QED) is 0.908. The van der Waals surface area contributed by atoms with Gasteiger partial charge in [-0.15, -0.1) is 0 Å². The lowest BCUT2D eigenvalue weighted by Gasteiger charge is -2.15. The molecule has 0 aromatic heterocycles. The molecule has 2 nitrogen and oxygen atoms in total. The smallest absolute Gasteiger partial charge is 0.120 e. The number of nitrogens with two attached hydrogens (primary N) is 1. The van der Waals surface area contributed by atoms with Crippen molar-refractivity contribution in [3.63, 3.8) is 0 Å². The Morgan fingerprint density at radius 3 is 2.53 bits per heavy atom. The van der Waals surface area contributed by atoms with Gasteiger partial charge in [-0.1, -0.05) is 28.9 Å². The van der Waals surface area contributed by atoms with Crippen molar-refractivity contribution < 1.29 is 4.74 Å². The number of halogens is 1. The highest BCUT2D eigenvalue weighted by Gasteiger charge is 2.07. The fourth-order valence-electron chi connectivity index (χ4n) is 1.27. The number of ether oxygens (including phenoxy) is 1. The van der Waals surface area contributed by atoms with Crippen LogP contribution in [0.5, 0.6) is 5.75 Å². The lowest BCUT2D eigenvalue weighted by Crippen LogP contribution is -2.10. The maximum absolute atomic E-state index is 5.82. The van der Waals surface area contributed by atoms with Crippen molar-refractivity contribution in [3.8, 4) is 5.75 Å². The van der Waals surface area contributed by atoms with Crippen molar-refractivity contribution in [2.24, 2.45) is 5.73 Å². The molecular formula is C12H18BrNO. The van der Waals surface area contributed by atoms with Crippen molar-refractivity contribution >= 4 is 15.9 Å². The SMILES string of the molecule is CCC(C)Oc1ccc([C@H](C)N)c(Br)c1. The minimum absolute atomic E-state index is 0.0389. The van der Waals surface area contributed by atoms with E-state index in [4.69, 9.17) is 10.5 Å². The molecule has 1 unspecified atom stereocenters. The monoisotopic (exact) mass is 271 g/mol. The molecule has 84 valence electrons.